The lowest BCUT2D eigenvalue weighted by Gasteiger charge is -2.38. The Bertz CT molecular complexity index is 669. The van der Waals surface area contributed by atoms with Crippen LogP contribution in [0.3, 0.4) is 0 Å². The number of nitrogens with zero attached hydrogens (tertiary/aromatic N) is 2. The van der Waals surface area contributed by atoms with E-state index >= 15 is 0 Å². The Morgan fingerprint density at radius 2 is 2.18 bits per heavy atom. The number of hydrogen-bond donors (Lipinski definition) is 2. The summed E-state index contributed by atoms with van der Waals surface area (Å²) < 4.78 is 0. The monoisotopic (exact) mass is 299 g/mol. The summed E-state index contributed by atoms with van der Waals surface area (Å²) in [7, 11) is 0. The second kappa shape index (κ2) is 6.32. The van der Waals surface area contributed by atoms with Crippen molar-refractivity contribution >= 4 is 22.5 Å². The van der Waals surface area contributed by atoms with Gasteiger partial charge in [-0.1, -0.05) is 25.1 Å². The van der Waals surface area contributed by atoms with Crippen molar-refractivity contribution in [3.8, 4) is 0 Å². The van der Waals surface area contributed by atoms with Gasteiger partial charge in [0.1, 0.15) is 6.61 Å². The molecule has 2 aromatic rings. The standard InChI is InChI=1S/C17H21N3O2/c1-12-8-13(19-17(22)11-21)10-20(9-12)16-6-7-18-15-5-3-2-4-14(15)16/h2-7,12-13,21H,8-11H2,1H3,(H,19,22)/t12-,13+/m0/s1. The lowest BCUT2D eigenvalue weighted by molar-refractivity contribution is -0.124. The molecule has 5 heteroatoms. The van der Waals surface area contributed by atoms with Crippen LogP contribution in [0.5, 0.6) is 0 Å². The Kier molecular flexibility index (Phi) is 4.24. The van der Waals surface area contributed by atoms with Crippen LogP contribution in [0.4, 0.5) is 5.69 Å². The highest BCUT2D eigenvalue weighted by Gasteiger charge is 2.26. The van der Waals surface area contributed by atoms with Crippen molar-refractivity contribution in [2.24, 2.45) is 5.92 Å². The van der Waals surface area contributed by atoms with Crippen molar-refractivity contribution in [3.63, 3.8) is 0 Å². The van der Waals surface area contributed by atoms with Crippen LogP contribution in [0.1, 0.15) is 13.3 Å². The SMILES string of the molecule is C[C@H]1C[C@@H](NC(=O)CO)CN(c2ccnc3ccccc23)C1. The molecule has 1 saturated heterocycles. The summed E-state index contributed by atoms with van der Waals surface area (Å²) >= 11 is 0. The molecule has 2 N–H and O–H groups in total. The number of fused-ring (bicyclic) bond motifs is 1. The summed E-state index contributed by atoms with van der Waals surface area (Å²) in [4.78, 5) is 18.2. The maximum absolute atomic E-state index is 11.5. The number of anilines is 1. The number of piperidine rings is 1. The van der Waals surface area contributed by atoms with E-state index in [1.54, 1.807) is 0 Å². The first kappa shape index (κ1) is 14.8. The van der Waals surface area contributed by atoms with Gasteiger partial charge in [0.05, 0.1) is 5.52 Å². The Balaban J connectivity index is 1.87. The molecule has 0 saturated carbocycles. The number of para-hydroxylation sites is 1. The van der Waals surface area contributed by atoms with Crippen molar-refractivity contribution in [1.29, 1.82) is 0 Å². The van der Waals surface area contributed by atoms with Gasteiger partial charge >= 0.3 is 0 Å². The zero-order valence-corrected chi connectivity index (χ0v) is 12.7. The Labute approximate surface area is 130 Å². The molecule has 0 bridgehead atoms. The molecule has 1 aliphatic heterocycles. The van der Waals surface area contributed by atoms with Gasteiger partial charge < -0.3 is 15.3 Å². The fourth-order valence-electron chi connectivity index (χ4n) is 3.28. The normalized spacial score (nSPS) is 21.8. The van der Waals surface area contributed by atoms with Crippen molar-refractivity contribution in [2.75, 3.05) is 24.6 Å². The Hall–Kier alpha value is -2.14. The summed E-state index contributed by atoms with van der Waals surface area (Å²) in [5.74, 6) is 0.170. The number of aliphatic hydroxyl groups is 1. The molecule has 116 valence electrons. The number of rotatable bonds is 3. The molecule has 5 nitrogen and oxygen atoms in total. The maximum Gasteiger partial charge on any atom is 0.245 e. The van der Waals surface area contributed by atoms with E-state index in [1.807, 2.05) is 30.5 Å². The summed E-state index contributed by atoms with van der Waals surface area (Å²) in [5.41, 5.74) is 2.13. The minimum Gasteiger partial charge on any atom is -0.387 e. The van der Waals surface area contributed by atoms with E-state index in [4.69, 9.17) is 5.11 Å². The molecule has 2 heterocycles. The fraction of sp³-hybridized carbons (Fsp3) is 0.412. The average molecular weight is 299 g/mol. The summed E-state index contributed by atoms with van der Waals surface area (Å²) in [5, 5.41) is 13.0. The molecule has 0 radical (unpaired) electrons. The first-order chi connectivity index (χ1) is 10.7. The second-order valence-electron chi connectivity index (χ2n) is 6.02. The van der Waals surface area contributed by atoms with E-state index in [0.29, 0.717) is 5.92 Å². The molecule has 1 aromatic carbocycles. The van der Waals surface area contributed by atoms with Gasteiger partial charge in [-0.2, -0.15) is 0 Å². The minimum absolute atomic E-state index is 0.0651. The third-order valence-electron chi connectivity index (χ3n) is 4.14. The molecule has 0 unspecified atom stereocenters. The zero-order valence-electron chi connectivity index (χ0n) is 12.7. The van der Waals surface area contributed by atoms with Crippen LogP contribution in [-0.2, 0) is 4.79 Å². The molecular weight excluding hydrogens is 278 g/mol. The van der Waals surface area contributed by atoms with Crippen molar-refractivity contribution in [2.45, 2.75) is 19.4 Å². The number of amides is 1. The fourth-order valence-corrected chi connectivity index (χ4v) is 3.28. The number of pyridine rings is 1. The van der Waals surface area contributed by atoms with E-state index < -0.39 is 6.61 Å². The molecule has 2 atom stereocenters. The molecule has 0 aliphatic carbocycles. The largest absolute Gasteiger partial charge is 0.387 e. The van der Waals surface area contributed by atoms with E-state index in [1.165, 1.54) is 0 Å². The number of aromatic nitrogens is 1. The van der Waals surface area contributed by atoms with Gasteiger partial charge in [-0.15, -0.1) is 0 Å². The number of benzene rings is 1. The number of hydrogen-bond acceptors (Lipinski definition) is 4. The van der Waals surface area contributed by atoms with Gasteiger partial charge in [0.2, 0.25) is 5.91 Å². The van der Waals surface area contributed by atoms with Crippen LogP contribution in [0.2, 0.25) is 0 Å². The number of carbonyl (C=O) groups excluding carboxylic acids is 1. The van der Waals surface area contributed by atoms with Gasteiger partial charge in [-0.3, -0.25) is 9.78 Å². The molecule has 3 rings (SSSR count). The zero-order chi connectivity index (χ0) is 15.5. The minimum atomic E-state index is -0.455. The predicted molar refractivity (Wildman–Crippen MR) is 86.8 cm³/mol. The molecule has 1 amide bonds. The lowest BCUT2D eigenvalue weighted by Crippen LogP contribution is -2.51. The van der Waals surface area contributed by atoms with E-state index in [-0.39, 0.29) is 11.9 Å². The van der Waals surface area contributed by atoms with Crippen LogP contribution in [0.15, 0.2) is 36.5 Å². The average Bonchev–Trinajstić information content (AvgIpc) is 2.53. The molecule has 22 heavy (non-hydrogen) atoms. The van der Waals surface area contributed by atoms with Crippen molar-refractivity contribution in [3.05, 3.63) is 36.5 Å². The number of aliphatic hydroxyl groups excluding tert-OH is 1. The topological polar surface area (TPSA) is 65.5 Å². The third-order valence-corrected chi connectivity index (χ3v) is 4.14. The number of carbonyl (C=O) groups is 1. The highest BCUT2D eigenvalue weighted by molar-refractivity contribution is 5.91. The smallest absolute Gasteiger partial charge is 0.245 e. The number of nitrogens with one attached hydrogen (secondary N) is 1. The highest BCUT2D eigenvalue weighted by Crippen LogP contribution is 2.29. The highest BCUT2D eigenvalue weighted by atomic mass is 16.3. The van der Waals surface area contributed by atoms with Crippen molar-refractivity contribution in [1.82, 2.24) is 10.3 Å². The van der Waals surface area contributed by atoms with Crippen LogP contribution in [-0.4, -0.2) is 41.7 Å². The van der Waals surface area contributed by atoms with Crippen molar-refractivity contribution < 1.29 is 9.90 Å². The van der Waals surface area contributed by atoms with Gasteiger partial charge in [0, 0.05) is 36.4 Å². The summed E-state index contributed by atoms with van der Waals surface area (Å²) in [6.07, 6.45) is 2.77. The molecule has 1 aromatic heterocycles. The molecular formula is C17H21N3O2. The Morgan fingerprint density at radius 3 is 3.00 bits per heavy atom. The van der Waals surface area contributed by atoms with Gasteiger partial charge in [0.15, 0.2) is 0 Å². The molecule has 1 fully saturated rings. The molecule has 1 aliphatic rings. The second-order valence-corrected chi connectivity index (χ2v) is 6.02. The first-order valence-corrected chi connectivity index (χ1v) is 7.66. The van der Waals surface area contributed by atoms with Crippen LogP contribution < -0.4 is 10.2 Å². The first-order valence-electron chi connectivity index (χ1n) is 7.66. The Morgan fingerprint density at radius 1 is 1.36 bits per heavy atom. The predicted octanol–water partition coefficient (Wildman–Crippen LogP) is 1.56. The summed E-state index contributed by atoms with van der Waals surface area (Å²) in [6.45, 7) is 3.44. The van der Waals surface area contributed by atoms with E-state index in [2.05, 4.69) is 28.2 Å². The third kappa shape index (κ3) is 3.04. The maximum atomic E-state index is 11.5. The van der Waals surface area contributed by atoms with Crippen LogP contribution in [0, 0.1) is 5.92 Å². The summed E-state index contributed by atoms with van der Waals surface area (Å²) in [6, 6.07) is 10.2. The van der Waals surface area contributed by atoms with Gasteiger partial charge in [0.25, 0.3) is 0 Å². The van der Waals surface area contributed by atoms with Gasteiger partial charge in [-0.25, -0.2) is 0 Å². The van der Waals surface area contributed by atoms with E-state index in [0.717, 1.165) is 36.1 Å². The lowest BCUT2D eigenvalue weighted by atomic mass is 9.95. The quantitative estimate of drug-likeness (QED) is 0.902. The van der Waals surface area contributed by atoms with E-state index in [9.17, 15) is 4.79 Å². The van der Waals surface area contributed by atoms with Crippen LogP contribution >= 0.6 is 0 Å². The van der Waals surface area contributed by atoms with Crippen LogP contribution in [0.25, 0.3) is 10.9 Å². The van der Waals surface area contributed by atoms with Gasteiger partial charge in [-0.05, 0) is 24.5 Å². The molecule has 0 spiro atoms.